The smallest absolute Gasteiger partial charge is 0.231 e. The zero-order chi connectivity index (χ0) is 15.9. The Morgan fingerprint density at radius 2 is 1.91 bits per heavy atom. The van der Waals surface area contributed by atoms with E-state index in [0.717, 1.165) is 5.52 Å². The highest BCUT2D eigenvalue weighted by molar-refractivity contribution is 5.79. The summed E-state index contributed by atoms with van der Waals surface area (Å²) in [6, 6.07) is 11.2. The monoisotopic (exact) mass is 297 g/mol. The largest absolute Gasteiger partial charge is 0.504 e. The van der Waals surface area contributed by atoms with Gasteiger partial charge in [-0.3, -0.25) is 0 Å². The number of aromatic hydroxyl groups is 1. The number of phenolic OH excluding ortho intramolecular Hbond substituents is 1. The van der Waals surface area contributed by atoms with Gasteiger partial charge < -0.3 is 14.3 Å². The van der Waals surface area contributed by atoms with Gasteiger partial charge in [0.25, 0.3) is 0 Å². The number of benzene rings is 2. The van der Waals surface area contributed by atoms with E-state index in [0.29, 0.717) is 22.8 Å². The van der Waals surface area contributed by atoms with Crippen molar-refractivity contribution in [1.29, 1.82) is 0 Å². The molecule has 0 fully saturated rings. The molecule has 3 rings (SSSR count). The number of hydrogen-bond donors (Lipinski definition) is 1. The molecule has 0 saturated heterocycles. The maximum Gasteiger partial charge on any atom is 0.231 e. The Hall–Kier alpha value is -2.49. The molecule has 0 aliphatic heterocycles. The molecule has 0 saturated carbocycles. The minimum absolute atomic E-state index is 0.0348. The fourth-order valence-electron chi connectivity index (χ4n) is 2.37. The van der Waals surface area contributed by atoms with Crippen LogP contribution in [-0.4, -0.2) is 17.2 Å². The van der Waals surface area contributed by atoms with Crippen LogP contribution in [0.2, 0.25) is 0 Å². The summed E-state index contributed by atoms with van der Waals surface area (Å²) < 4.78 is 10.9. The van der Waals surface area contributed by atoms with Crippen molar-refractivity contribution in [1.82, 2.24) is 4.98 Å². The SMILES string of the molecule is COc1cccc(-c2nc3cc(C(C)(C)C)ccc3o2)c1O. The maximum atomic E-state index is 10.2. The Morgan fingerprint density at radius 3 is 2.59 bits per heavy atom. The third-order valence-corrected chi connectivity index (χ3v) is 3.70. The predicted molar refractivity (Wildman–Crippen MR) is 86.4 cm³/mol. The summed E-state index contributed by atoms with van der Waals surface area (Å²) in [6.07, 6.45) is 0. The molecule has 0 aliphatic rings. The molecule has 0 radical (unpaired) electrons. The van der Waals surface area contributed by atoms with Gasteiger partial charge in [-0.2, -0.15) is 0 Å². The first kappa shape index (κ1) is 14.4. The van der Waals surface area contributed by atoms with E-state index < -0.39 is 0 Å². The highest BCUT2D eigenvalue weighted by Crippen LogP contribution is 2.38. The van der Waals surface area contributed by atoms with Gasteiger partial charge in [-0.25, -0.2) is 4.98 Å². The van der Waals surface area contributed by atoms with Gasteiger partial charge in [0.1, 0.15) is 5.52 Å². The van der Waals surface area contributed by atoms with Crippen LogP contribution in [0.4, 0.5) is 0 Å². The van der Waals surface area contributed by atoms with Crippen molar-refractivity contribution >= 4 is 11.1 Å². The van der Waals surface area contributed by atoms with Gasteiger partial charge in [-0.1, -0.05) is 32.9 Å². The third kappa shape index (κ3) is 2.41. The Balaban J connectivity index is 2.13. The molecule has 0 amide bonds. The number of ether oxygens (including phenoxy) is 1. The molecule has 4 nitrogen and oxygen atoms in total. The van der Waals surface area contributed by atoms with E-state index in [1.165, 1.54) is 12.7 Å². The van der Waals surface area contributed by atoms with E-state index in [9.17, 15) is 5.11 Å². The lowest BCUT2D eigenvalue weighted by atomic mass is 9.87. The molecule has 1 N–H and O–H groups in total. The maximum absolute atomic E-state index is 10.2. The van der Waals surface area contributed by atoms with Crippen molar-refractivity contribution in [2.24, 2.45) is 0 Å². The van der Waals surface area contributed by atoms with Crippen LogP contribution in [-0.2, 0) is 5.41 Å². The standard InChI is InChI=1S/C18H19NO3/c1-18(2,3)11-8-9-14-13(10-11)19-17(22-14)12-6-5-7-15(21-4)16(12)20/h5-10,20H,1-4H3. The topological polar surface area (TPSA) is 55.5 Å². The van der Waals surface area contributed by atoms with E-state index in [2.05, 4.69) is 25.8 Å². The molecule has 0 atom stereocenters. The minimum atomic E-state index is 0.0348. The Labute approximate surface area is 129 Å². The van der Waals surface area contributed by atoms with Crippen molar-refractivity contribution in [2.45, 2.75) is 26.2 Å². The van der Waals surface area contributed by atoms with Gasteiger partial charge in [0.05, 0.1) is 12.7 Å². The Morgan fingerprint density at radius 1 is 1.14 bits per heavy atom. The van der Waals surface area contributed by atoms with Crippen molar-refractivity contribution in [3.63, 3.8) is 0 Å². The zero-order valence-corrected chi connectivity index (χ0v) is 13.2. The Bertz CT molecular complexity index is 828. The molecule has 3 aromatic rings. The van der Waals surface area contributed by atoms with Crippen LogP contribution in [0.3, 0.4) is 0 Å². The van der Waals surface area contributed by atoms with Crippen LogP contribution in [0.15, 0.2) is 40.8 Å². The molecule has 1 aromatic heterocycles. The number of fused-ring (bicyclic) bond motifs is 1. The molecular formula is C18H19NO3. The quantitative estimate of drug-likeness (QED) is 0.756. The second-order valence-electron chi connectivity index (χ2n) is 6.31. The van der Waals surface area contributed by atoms with E-state index in [4.69, 9.17) is 9.15 Å². The van der Waals surface area contributed by atoms with Gasteiger partial charge in [0.2, 0.25) is 5.89 Å². The molecule has 2 aromatic carbocycles. The summed E-state index contributed by atoms with van der Waals surface area (Å²) in [5.41, 5.74) is 3.24. The van der Waals surface area contributed by atoms with Gasteiger partial charge >= 0.3 is 0 Å². The van der Waals surface area contributed by atoms with Gasteiger partial charge in [0.15, 0.2) is 17.1 Å². The average Bonchev–Trinajstić information content (AvgIpc) is 2.89. The molecule has 4 heteroatoms. The summed E-state index contributed by atoms with van der Waals surface area (Å²) in [5, 5.41) is 10.2. The number of nitrogens with zero attached hydrogens (tertiary/aromatic N) is 1. The summed E-state index contributed by atoms with van der Waals surface area (Å²) in [4.78, 5) is 4.51. The number of methoxy groups -OCH3 is 1. The zero-order valence-electron chi connectivity index (χ0n) is 13.2. The van der Waals surface area contributed by atoms with Crippen LogP contribution in [0.5, 0.6) is 11.5 Å². The van der Waals surface area contributed by atoms with Gasteiger partial charge in [-0.05, 0) is 35.2 Å². The van der Waals surface area contributed by atoms with Gasteiger partial charge in [-0.15, -0.1) is 0 Å². The number of aromatic nitrogens is 1. The minimum Gasteiger partial charge on any atom is -0.504 e. The molecule has 0 spiro atoms. The second-order valence-corrected chi connectivity index (χ2v) is 6.31. The van der Waals surface area contributed by atoms with Crippen LogP contribution < -0.4 is 4.74 Å². The van der Waals surface area contributed by atoms with Gasteiger partial charge in [0, 0.05) is 0 Å². The van der Waals surface area contributed by atoms with Crippen molar-refractivity contribution in [3.05, 3.63) is 42.0 Å². The van der Waals surface area contributed by atoms with Crippen LogP contribution in [0.25, 0.3) is 22.6 Å². The van der Waals surface area contributed by atoms with E-state index >= 15 is 0 Å². The number of phenols is 1. The number of oxazole rings is 1. The molecular weight excluding hydrogens is 278 g/mol. The second kappa shape index (κ2) is 5.05. The van der Waals surface area contributed by atoms with E-state index in [1.807, 2.05) is 18.2 Å². The van der Waals surface area contributed by atoms with E-state index in [1.54, 1.807) is 18.2 Å². The predicted octanol–water partition coefficient (Wildman–Crippen LogP) is 4.51. The molecule has 0 unspecified atom stereocenters. The highest BCUT2D eigenvalue weighted by atomic mass is 16.5. The fraction of sp³-hybridized carbons (Fsp3) is 0.278. The lowest BCUT2D eigenvalue weighted by Gasteiger charge is -2.18. The van der Waals surface area contributed by atoms with Crippen LogP contribution >= 0.6 is 0 Å². The summed E-state index contributed by atoms with van der Waals surface area (Å²) in [5.74, 6) is 0.820. The van der Waals surface area contributed by atoms with Crippen LogP contribution in [0, 0.1) is 0 Å². The van der Waals surface area contributed by atoms with Crippen molar-refractivity contribution < 1.29 is 14.3 Å². The fourth-order valence-corrected chi connectivity index (χ4v) is 2.37. The Kier molecular flexibility index (Phi) is 3.32. The molecule has 0 bridgehead atoms. The summed E-state index contributed by atoms with van der Waals surface area (Å²) in [7, 11) is 1.51. The normalized spacial score (nSPS) is 11.8. The highest BCUT2D eigenvalue weighted by Gasteiger charge is 2.18. The van der Waals surface area contributed by atoms with Crippen molar-refractivity contribution in [3.8, 4) is 23.0 Å². The first-order chi connectivity index (χ1) is 10.4. The lowest BCUT2D eigenvalue weighted by molar-refractivity contribution is 0.373. The van der Waals surface area contributed by atoms with Crippen LogP contribution in [0.1, 0.15) is 26.3 Å². The van der Waals surface area contributed by atoms with Crippen molar-refractivity contribution in [2.75, 3.05) is 7.11 Å². The average molecular weight is 297 g/mol. The third-order valence-electron chi connectivity index (χ3n) is 3.70. The lowest BCUT2D eigenvalue weighted by Crippen LogP contribution is -2.10. The first-order valence-corrected chi connectivity index (χ1v) is 7.17. The summed E-state index contributed by atoms with van der Waals surface area (Å²) in [6.45, 7) is 6.47. The molecule has 114 valence electrons. The number of para-hydroxylation sites is 1. The number of hydrogen-bond acceptors (Lipinski definition) is 4. The van der Waals surface area contributed by atoms with E-state index in [-0.39, 0.29) is 11.2 Å². The first-order valence-electron chi connectivity index (χ1n) is 7.17. The molecule has 22 heavy (non-hydrogen) atoms. The number of rotatable bonds is 2. The summed E-state index contributed by atoms with van der Waals surface area (Å²) >= 11 is 0. The molecule has 0 aliphatic carbocycles. The molecule has 1 heterocycles.